The largest absolute Gasteiger partial charge is 0.352 e. The SMILES string of the molecule is Cc1cccc([C@@H](CC(=O)N[C@@H](C)c2ccc(-n3ccnc3)cc2)NC(N)=O)c1. The fourth-order valence-corrected chi connectivity index (χ4v) is 3.23. The molecule has 3 amide bonds. The van der Waals surface area contributed by atoms with Gasteiger partial charge in [0, 0.05) is 18.1 Å². The first-order valence-electron chi connectivity index (χ1n) is 9.42. The maximum atomic E-state index is 12.6. The molecule has 0 saturated heterocycles. The molecule has 0 aliphatic heterocycles. The number of rotatable bonds is 7. The van der Waals surface area contributed by atoms with Crippen LogP contribution in [0.1, 0.15) is 42.1 Å². The lowest BCUT2D eigenvalue weighted by Gasteiger charge is -2.20. The van der Waals surface area contributed by atoms with E-state index in [2.05, 4.69) is 15.6 Å². The molecule has 0 unspecified atom stereocenters. The van der Waals surface area contributed by atoms with Gasteiger partial charge in [0.05, 0.1) is 24.8 Å². The van der Waals surface area contributed by atoms with Gasteiger partial charge in [-0.15, -0.1) is 0 Å². The number of aromatic nitrogens is 2. The lowest BCUT2D eigenvalue weighted by molar-refractivity contribution is -0.122. The van der Waals surface area contributed by atoms with Crippen molar-refractivity contribution in [1.29, 1.82) is 0 Å². The number of amides is 3. The van der Waals surface area contributed by atoms with Crippen LogP contribution in [0.5, 0.6) is 0 Å². The molecular weight excluding hydrogens is 366 g/mol. The molecule has 0 aliphatic carbocycles. The molecule has 0 spiro atoms. The topological polar surface area (TPSA) is 102 Å². The smallest absolute Gasteiger partial charge is 0.312 e. The van der Waals surface area contributed by atoms with Crippen LogP contribution >= 0.6 is 0 Å². The third-order valence-corrected chi connectivity index (χ3v) is 4.72. The number of nitrogens with one attached hydrogen (secondary N) is 2. The third-order valence-electron chi connectivity index (χ3n) is 4.72. The van der Waals surface area contributed by atoms with Gasteiger partial charge in [0.15, 0.2) is 0 Å². The van der Waals surface area contributed by atoms with Gasteiger partial charge >= 0.3 is 6.03 Å². The van der Waals surface area contributed by atoms with Gasteiger partial charge in [0.2, 0.25) is 5.91 Å². The van der Waals surface area contributed by atoms with Crippen molar-refractivity contribution < 1.29 is 9.59 Å². The van der Waals surface area contributed by atoms with Crippen molar-refractivity contribution in [2.24, 2.45) is 5.73 Å². The molecule has 150 valence electrons. The van der Waals surface area contributed by atoms with Gasteiger partial charge in [0.1, 0.15) is 0 Å². The molecule has 7 nitrogen and oxygen atoms in total. The van der Waals surface area contributed by atoms with Crippen LogP contribution in [0.3, 0.4) is 0 Å². The van der Waals surface area contributed by atoms with Crippen LogP contribution in [0.4, 0.5) is 4.79 Å². The van der Waals surface area contributed by atoms with Crippen LogP contribution in [0, 0.1) is 6.92 Å². The minimum atomic E-state index is -0.660. The molecule has 4 N–H and O–H groups in total. The highest BCUT2D eigenvalue weighted by Gasteiger charge is 2.19. The lowest BCUT2D eigenvalue weighted by atomic mass is 10.0. The Morgan fingerprint density at radius 1 is 1.10 bits per heavy atom. The van der Waals surface area contributed by atoms with Crippen LogP contribution < -0.4 is 16.4 Å². The van der Waals surface area contributed by atoms with E-state index < -0.39 is 12.1 Å². The Balaban J connectivity index is 1.65. The van der Waals surface area contributed by atoms with Gasteiger partial charge in [-0.1, -0.05) is 42.0 Å². The van der Waals surface area contributed by atoms with E-state index in [0.29, 0.717) is 0 Å². The van der Waals surface area contributed by atoms with E-state index in [0.717, 1.165) is 22.4 Å². The summed E-state index contributed by atoms with van der Waals surface area (Å²) in [7, 11) is 0. The minimum absolute atomic E-state index is 0.101. The molecule has 1 heterocycles. The minimum Gasteiger partial charge on any atom is -0.352 e. The molecule has 0 bridgehead atoms. The van der Waals surface area contributed by atoms with Crippen molar-refractivity contribution in [3.63, 3.8) is 0 Å². The van der Waals surface area contributed by atoms with Crippen LogP contribution in [0.2, 0.25) is 0 Å². The molecule has 29 heavy (non-hydrogen) atoms. The number of imidazole rings is 1. The van der Waals surface area contributed by atoms with Gasteiger partial charge < -0.3 is 20.9 Å². The van der Waals surface area contributed by atoms with E-state index in [1.165, 1.54) is 0 Å². The number of carbonyl (C=O) groups is 2. The second kappa shape index (κ2) is 9.05. The van der Waals surface area contributed by atoms with Crippen LogP contribution in [-0.4, -0.2) is 21.5 Å². The Kier molecular flexibility index (Phi) is 6.29. The van der Waals surface area contributed by atoms with E-state index in [-0.39, 0.29) is 18.4 Å². The first kappa shape index (κ1) is 20.1. The number of benzene rings is 2. The number of nitrogens with two attached hydrogens (primary N) is 1. The Morgan fingerprint density at radius 3 is 2.48 bits per heavy atom. The summed E-state index contributed by atoms with van der Waals surface area (Å²) in [6.45, 7) is 3.88. The van der Waals surface area contributed by atoms with E-state index in [4.69, 9.17) is 5.73 Å². The summed E-state index contributed by atoms with van der Waals surface area (Å²) in [5.74, 6) is -0.170. The molecule has 0 aliphatic rings. The van der Waals surface area contributed by atoms with E-state index in [1.54, 1.807) is 12.5 Å². The average Bonchev–Trinajstić information content (AvgIpc) is 3.22. The number of urea groups is 1. The first-order valence-corrected chi connectivity index (χ1v) is 9.42. The van der Waals surface area contributed by atoms with Crippen LogP contribution in [0.25, 0.3) is 5.69 Å². The van der Waals surface area contributed by atoms with E-state index >= 15 is 0 Å². The molecule has 0 fully saturated rings. The number of nitrogens with zero attached hydrogens (tertiary/aromatic N) is 2. The number of aryl methyl sites for hydroxylation is 1. The molecule has 2 atom stereocenters. The fraction of sp³-hybridized carbons (Fsp3) is 0.227. The Morgan fingerprint density at radius 2 is 1.86 bits per heavy atom. The van der Waals surface area contributed by atoms with Crippen molar-refractivity contribution in [1.82, 2.24) is 20.2 Å². The molecule has 3 aromatic rings. The summed E-state index contributed by atoms with van der Waals surface area (Å²) in [6, 6.07) is 14.2. The Labute approximate surface area is 170 Å². The number of carbonyl (C=O) groups excluding carboxylic acids is 2. The molecule has 1 aromatic heterocycles. The molecule has 0 radical (unpaired) electrons. The Hall–Kier alpha value is -3.61. The molecule has 7 heteroatoms. The van der Waals surface area contributed by atoms with Crippen LogP contribution in [-0.2, 0) is 4.79 Å². The van der Waals surface area contributed by atoms with Crippen molar-refractivity contribution in [2.45, 2.75) is 32.4 Å². The predicted octanol–water partition coefficient (Wildman–Crippen LogP) is 3.16. The normalized spacial score (nSPS) is 12.8. The second-order valence-electron chi connectivity index (χ2n) is 7.03. The fourth-order valence-electron chi connectivity index (χ4n) is 3.23. The molecular formula is C22H25N5O2. The Bertz CT molecular complexity index is 967. The van der Waals surface area contributed by atoms with E-state index in [1.807, 2.05) is 73.1 Å². The van der Waals surface area contributed by atoms with Crippen molar-refractivity contribution in [3.05, 3.63) is 83.9 Å². The molecule has 0 saturated carbocycles. The standard InChI is InChI=1S/C22H25N5O2/c1-15-4-3-5-18(12-15)20(26-22(23)29)13-21(28)25-16(2)17-6-8-19(9-7-17)27-11-10-24-14-27/h3-12,14,16,20H,13H2,1-2H3,(H,25,28)(H3,23,26,29)/t16-,20+/m0/s1. The summed E-state index contributed by atoms with van der Waals surface area (Å²) < 4.78 is 1.91. The summed E-state index contributed by atoms with van der Waals surface area (Å²) in [4.78, 5) is 28.1. The summed E-state index contributed by atoms with van der Waals surface area (Å²) >= 11 is 0. The van der Waals surface area contributed by atoms with Gasteiger partial charge in [0.25, 0.3) is 0 Å². The van der Waals surface area contributed by atoms with Crippen molar-refractivity contribution >= 4 is 11.9 Å². The maximum absolute atomic E-state index is 12.6. The lowest BCUT2D eigenvalue weighted by Crippen LogP contribution is -2.37. The quantitative estimate of drug-likeness (QED) is 0.576. The predicted molar refractivity (Wildman–Crippen MR) is 111 cm³/mol. The first-order chi connectivity index (χ1) is 13.9. The van der Waals surface area contributed by atoms with Gasteiger partial charge in [-0.05, 0) is 37.1 Å². The number of hydrogen-bond donors (Lipinski definition) is 3. The maximum Gasteiger partial charge on any atom is 0.312 e. The van der Waals surface area contributed by atoms with Crippen LogP contribution in [0.15, 0.2) is 67.3 Å². The highest BCUT2D eigenvalue weighted by Crippen LogP contribution is 2.20. The highest BCUT2D eigenvalue weighted by molar-refractivity contribution is 5.79. The zero-order chi connectivity index (χ0) is 20.8. The average molecular weight is 391 g/mol. The number of hydrogen-bond acceptors (Lipinski definition) is 3. The van der Waals surface area contributed by atoms with Gasteiger partial charge in [-0.25, -0.2) is 9.78 Å². The van der Waals surface area contributed by atoms with Gasteiger partial charge in [-0.2, -0.15) is 0 Å². The highest BCUT2D eigenvalue weighted by atomic mass is 16.2. The zero-order valence-corrected chi connectivity index (χ0v) is 16.5. The zero-order valence-electron chi connectivity index (χ0n) is 16.5. The number of primary amides is 1. The van der Waals surface area contributed by atoms with E-state index in [9.17, 15) is 9.59 Å². The summed E-state index contributed by atoms with van der Waals surface area (Å²) in [5, 5.41) is 5.65. The second-order valence-corrected chi connectivity index (χ2v) is 7.03. The molecule has 3 rings (SSSR count). The monoisotopic (exact) mass is 391 g/mol. The van der Waals surface area contributed by atoms with Gasteiger partial charge in [-0.3, -0.25) is 4.79 Å². The third kappa shape index (κ3) is 5.44. The molecule has 2 aromatic carbocycles. The van der Waals surface area contributed by atoms with Crippen molar-refractivity contribution in [2.75, 3.05) is 0 Å². The summed E-state index contributed by atoms with van der Waals surface area (Å²) in [5.41, 5.74) is 9.17. The summed E-state index contributed by atoms with van der Waals surface area (Å²) in [6.07, 6.45) is 5.43. The van der Waals surface area contributed by atoms with Crippen molar-refractivity contribution in [3.8, 4) is 5.69 Å².